The first-order chi connectivity index (χ1) is 18.2. The van der Waals surface area contributed by atoms with Crippen molar-refractivity contribution >= 4 is 5.71 Å². The van der Waals surface area contributed by atoms with E-state index in [9.17, 15) is 0 Å². The number of hydrogen-bond acceptors (Lipinski definition) is 5. The van der Waals surface area contributed by atoms with Crippen molar-refractivity contribution in [2.45, 2.75) is 26.1 Å². The molecule has 188 valence electrons. The van der Waals surface area contributed by atoms with Crippen LogP contribution in [0.1, 0.15) is 27.8 Å². The number of benzene rings is 4. The number of methoxy groups -OCH3 is 2. The lowest BCUT2D eigenvalue weighted by Gasteiger charge is -2.21. The third-order valence-corrected chi connectivity index (χ3v) is 6.46. The zero-order valence-corrected chi connectivity index (χ0v) is 21.3. The van der Waals surface area contributed by atoms with E-state index in [0.29, 0.717) is 31.1 Å². The molecule has 0 bridgehead atoms. The molecule has 0 fully saturated rings. The Morgan fingerprint density at radius 3 is 1.86 bits per heavy atom. The second-order valence-electron chi connectivity index (χ2n) is 8.95. The highest BCUT2D eigenvalue weighted by Gasteiger charge is 2.20. The van der Waals surface area contributed by atoms with Crippen LogP contribution in [0, 0.1) is 0 Å². The number of ether oxygens (including phenoxy) is 4. The molecule has 0 saturated heterocycles. The lowest BCUT2D eigenvalue weighted by molar-refractivity contribution is 0.284. The molecular formula is C32H31NO4. The first kappa shape index (κ1) is 24.4. The van der Waals surface area contributed by atoms with Gasteiger partial charge in [-0.15, -0.1) is 0 Å². The number of aliphatic imine (C=N–C) groups is 1. The first-order valence-electron chi connectivity index (χ1n) is 12.5. The fraction of sp³-hybridized carbons (Fsp3) is 0.219. The van der Waals surface area contributed by atoms with Gasteiger partial charge >= 0.3 is 0 Å². The molecule has 0 spiro atoms. The molecule has 0 amide bonds. The number of hydrogen-bond donors (Lipinski definition) is 0. The fourth-order valence-electron chi connectivity index (χ4n) is 4.51. The van der Waals surface area contributed by atoms with E-state index in [0.717, 1.165) is 52.4 Å². The molecule has 0 unspecified atom stereocenters. The molecule has 0 radical (unpaired) electrons. The Balaban J connectivity index is 1.35. The smallest absolute Gasteiger partial charge is 0.161 e. The van der Waals surface area contributed by atoms with Gasteiger partial charge in [-0.25, -0.2) is 0 Å². The zero-order valence-electron chi connectivity index (χ0n) is 21.3. The van der Waals surface area contributed by atoms with Crippen molar-refractivity contribution in [1.82, 2.24) is 0 Å². The second-order valence-corrected chi connectivity index (χ2v) is 8.95. The lowest BCUT2D eigenvalue weighted by Crippen LogP contribution is -2.16. The normalized spacial score (nSPS) is 12.3. The second kappa shape index (κ2) is 11.7. The van der Waals surface area contributed by atoms with Crippen molar-refractivity contribution in [1.29, 1.82) is 0 Å². The molecule has 0 atom stereocenters. The van der Waals surface area contributed by atoms with Crippen LogP contribution < -0.4 is 18.9 Å². The molecule has 37 heavy (non-hydrogen) atoms. The molecule has 4 aromatic rings. The lowest BCUT2D eigenvalue weighted by atomic mass is 9.93. The van der Waals surface area contributed by atoms with Crippen LogP contribution in [0.3, 0.4) is 0 Å². The van der Waals surface area contributed by atoms with Crippen molar-refractivity contribution < 1.29 is 18.9 Å². The van der Waals surface area contributed by atoms with Crippen molar-refractivity contribution in [2.75, 3.05) is 20.8 Å². The SMILES string of the molecule is COc1ccc(CC2=NCCc3cc(OCc4ccccc4)c(OC)cc32)cc1OCc1ccccc1. The minimum absolute atomic E-state index is 0.480. The molecule has 0 aromatic heterocycles. The van der Waals surface area contributed by atoms with Crippen molar-refractivity contribution in [2.24, 2.45) is 4.99 Å². The van der Waals surface area contributed by atoms with Gasteiger partial charge in [0, 0.05) is 24.2 Å². The predicted octanol–water partition coefficient (Wildman–Crippen LogP) is 6.45. The minimum atomic E-state index is 0.480. The molecule has 0 saturated carbocycles. The van der Waals surface area contributed by atoms with Gasteiger partial charge in [-0.2, -0.15) is 0 Å². The maximum atomic E-state index is 6.14. The molecule has 1 aliphatic heterocycles. The van der Waals surface area contributed by atoms with Gasteiger partial charge in [0.2, 0.25) is 0 Å². The van der Waals surface area contributed by atoms with Crippen molar-refractivity contribution in [3.8, 4) is 23.0 Å². The van der Waals surface area contributed by atoms with E-state index in [4.69, 9.17) is 23.9 Å². The zero-order chi connectivity index (χ0) is 25.5. The summed E-state index contributed by atoms with van der Waals surface area (Å²) >= 11 is 0. The molecule has 5 heteroatoms. The Morgan fingerprint density at radius 1 is 0.622 bits per heavy atom. The standard InChI is InChI=1S/C32H31NO4/c1-34-29-14-13-25(18-31(29)36-21-23-9-5-3-6-10-23)17-28-27-20-30(35-2)32(19-26(27)15-16-33-28)37-22-24-11-7-4-8-12-24/h3-14,18-20H,15-17,21-22H2,1-2H3. The number of fused-ring (bicyclic) bond motifs is 1. The monoisotopic (exact) mass is 493 g/mol. The predicted molar refractivity (Wildman–Crippen MR) is 146 cm³/mol. The maximum Gasteiger partial charge on any atom is 0.161 e. The van der Waals surface area contributed by atoms with Crippen LogP contribution in [0.5, 0.6) is 23.0 Å². The van der Waals surface area contributed by atoms with E-state index in [1.54, 1.807) is 14.2 Å². The third kappa shape index (κ3) is 5.95. The van der Waals surface area contributed by atoms with E-state index in [1.807, 2.05) is 48.5 Å². The summed E-state index contributed by atoms with van der Waals surface area (Å²) in [6.45, 7) is 1.72. The van der Waals surface area contributed by atoms with Gasteiger partial charge < -0.3 is 18.9 Å². The average Bonchev–Trinajstić information content (AvgIpc) is 2.96. The van der Waals surface area contributed by atoms with E-state index in [2.05, 4.69) is 42.5 Å². The Labute approximate surface area is 218 Å². The summed E-state index contributed by atoms with van der Waals surface area (Å²) in [4.78, 5) is 4.88. The summed E-state index contributed by atoms with van der Waals surface area (Å²) in [5.74, 6) is 2.91. The van der Waals surface area contributed by atoms with E-state index >= 15 is 0 Å². The van der Waals surface area contributed by atoms with E-state index in [-0.39, 0.29) is 0 Å². The number of nitrogens with zero attached hydrogens (tertiary/aromatic N) is 1. The Kier molecular flexibility index (Phi) is 7.70. The van der Waals surface area contributed by atoms with Gasteiger partial charge in [0.15, 0.2) is 23.0 Å². The van der Waals surface area contributed by atoms with Gasteiger partial charge in [0.25, 0.3) is 0 Å². The van der Waals surface area contributed by atoms with Crippen LogP contribution in [0.2, 0.25) is 0 Å². The van der Waals surface area contributed by atoms with Crippen molar-refractivity contribution in [3.05, 3.63) is 119 Å². The molecule has 5 rings (SSSR count). The van der Waals surface area contributed by atoms with Crippen LogP contribution in [0.25, 0.3) is 0 Å². The first-order valence-corrected chi connectivity index (χ1v) is 12.5. The Bertz CT molecular complexity index is 1370. The highest BCUT2D eigenvalue weighted by atomic mass is 16.5. The van der Waals surface area contributed by atoms with Gasteiger partial charge in [-0.1, -0.05) is 66.7 Å². The van der Waals surface area contributed by atoms with Gasteiger partial charge in [-0.3, -0.25) is 4.99 Å². The largest absolute Gasteiger partial charge is 0.493 e. The summed E-state index contributed by atoms with van der Waals surface area (Å²) in [7, 11) is 3.34. The highest BCUT2D eigenvalue weighted by Crippen LogP contribution is 2.35. The molecule has 1 heterocycles. The summed E-state index contributed by atoms with van der Waals surface area (Å²) in [6, 6.07) is 30.5. The number of rotatable bonds is 10. The van der Waals surface area contributed by atoms with Crippen LogP contribution in [-0.4, -0.2) is 26.5 Å². The van der Waals surface area contributed by atoms with Crippen LogP contribution in [-0.2, 0) is 26.1 Å². The van der Waals surface area contributed by atoms with Crippen LogP contribution >= 0.6 is 0 Å². The maximum absolute atomic E-state index is 6.14. The molecule has 0 N–H and O–H groups in total. The minimum Gasteiger partial charge on any atom is -0.493 e. The quantitative estimate of drug-likeness (QED) is 0.255. The van der Waals surface area contributed by atoms with Crippen molar-refractivity contribution in [3.63, 3.8) is 0 Å². The summed E-state index contributed by atoms with van der Waals surface area (Å²) in [6.07, 6.45) is 1.56. The Hall–Kier alpha value is -4.25. The van der Waals surface area contributed by atoms with Gasteiger partial charge in [-0.05, 0) is 52.9 Å². The van der Waals surface area contributed by atoms with E-state index < -0.39 is 0 Å². The van der Waals surface area contributed by atoms with Crippen LogP contribution in [0.15, 0.2) is 96.0 Å². The van der Waals surface area contributed by atoms with E-state index in [1.165, 1.54) is 5.56 Å². The third-order valence-electron chi connectivity index (χ3n) is 6.46. The topological polar surface area (TPSA) is 49.3 Å². The van der Waals surface area contributed by atoms with Crippen LogP contribution in [0.4, 0.5) is 0 Å². The summed E-state index contributed by atoms with van der Waals surface area (Å²) in [5, 5.41) is 0. The Morgan fingerprint density at radius 2 is 1.24 bits per heavy atom. The molecule has 1 aliphatic rings. The molecular weight excluding hydrogens is 462 g/mol. The molecule has 0 aliphatic carbocycles. The van der Waals surface area contributed by atoms with Gasteiger partial charge in [0.05, 0.1) is 14.2 Å². The van der Waals surface area contributed by atoms with Gasteiger partial charge in [0.1, 0.15) is 13.2 Å². The molecule has 4 aromatic carbocycles. The summed E-state index contributed by atoms with van der Waals surface area (Å²) < 4.78 is 23.5. The molecule has 5 nitrogen and oxygen atoms in total. The average molecular weight is 494 g/mol. The highest BCUT2D eigenvalue weighted by molar-refractivity contribution is 6.04. The summed E-state index contributed by atoms with van der Waals surface area (Å²) in [5.41, 5.74) is 6.71. The fourth-order valence-corrected chi connectivity index (χ4v) is 4.51.